The Kier molecular flexibility index (Phi) is 6.67. The topological polar surface area (TPSA) is 0 Å². The van der Waals surface area contributed by atoms with Gasteiger partial charge in [0, 0.05) is 0 Å². The van der Waals surface area contributed by atoms with Crippen LogP contribution in [0.2, 0.25) is 0 Å². The molecule has 0 heterocycles. The molecule has 31 heavy (non-hydrogen) atoms. The van der Waals surface area contributed by atoms with Gasteiger partial charge in [-0.05, 0) is 79.3 Å². The maximum absolute atomic E-state index is 2.35. The van der Waals surface area contributed by atoms with E-state index in [-0.39, 0.29) is 0 Å². The van der Waals surface area contributed by atoms with Crippen LogP contribution < -0.4 is 0 Å². The first-order chi connectivity index (χ1) is 15.1. The smallest absolute Gasteiger partial charge is 0.00229 e. The molecule has 0 saturated heterocycles. The van der Waals surface area contributed by atoms with Gasteiger partial charge in [-0.15, -0.1) is 0 Å². The summed E-state index contributed by atoms with van der Waals surface area (Å²) >= 11 is 0. The van der Waals surface area contributed by atoms with E-state index < -0.39 is 0 Å². The van der Waals surface area contributed by atoms with Crippen LogP contribution in [0, 0.1) is 20.8 Å². The first-order valence-corrected chi connectivity index (χ1v) is 11.3. The van der Waals surface area contributed by atoms with Crippen molar-refractivity contribution in [2.45, 2.75) is 46.0 Å². The van der Waals surface area contributed by atoms with E-state index in [0.717, 1.165) is 19.3 Å². The SMILES string of the molecule is Cc1ccc(Cc2ccccc2C(Cc2cccc(C)c2)Cc2ccccc2C)cc1. The van der Waals surface area contributed by atoms with E-state index in [9.17, 15) is 0 Å². The number of rotatable bonds is 7. The number of hydrogen-bond donors (Lipinski definition) is 0. The minimum atomic E-state index is 0.449. The van der Waals surface area contributed by atoms with Crippen LogP contribution in [-0.2, 0) is 19.3 Å². The second kappa shape index (κ2) is 9.79. The summed E-state index contributed by atoms with van der Waals surface area (Å²) in [6, 6.07) is 35.9. The van der Waals surface area contributed by atoms with E-state index in [1.807, 2.05) is 0 Å². The molecule has 0 saturated carbocycles. The lowest BCUT2D eigenvalue weighted by molar-refractivity contribution is 0.671. The van der Waals surface area contributed by atoms with Crippen molar-refractivity contribution in [3.05, 3.63) is 142 Å². The van der Waals surface area contributed by atoms with Gasteiger partial charge in [0.1, 0.15) is 0 Å². The van der Waals surface area contributed by atoms with Crippen molar-refractivity contribution < 1.29 is 0 Å². The van der Waals surface area contributed by atoms with Crippen molar-refractivity contribution in [2.24, 2.45) is 0 Å². The Morgan fingerprint density at radius 2 is 1.26 bits per heavy atom. The zero-order chi connectivity index (χ0) is 21.6. The Bertz CT molecular complexity index is 1130. The summed E-state index contributed by atoms with van der Waals surface area (Å²) in [5.74, 6) is 0.449. The molecule has 4 aromatic carbocycles. The first-order valence-electron chi connectivity index (χ1n) is 11.3. The molecule has 0 heteroatoms. The van der Waals surface area contributed by atoms with Crippen molar-refractivity contribution in [2.75, 3.05) is 0 Å². The standard InChI is InChI=1S/C31H32/c1-23-15-17-26(18-16-23)20-29-13-6-7-14-31(29)30(21-27-11-8-9-24(2)19-27)22-28-12-5-4-10-25(28)3/h4-19,30H,20-22H2,1-3H3. The average Bonchev–Trinajstić information content (AvgIpc) is 2.77. The van der Waals surface area contributed by atoms with Crippen LogP contribution in [0.25, 0.3) is 0 Å². The number of aryl methyl sites for hydroxylation is 3. The summed E-state index contributed by atoms with van der Waals surface area (Å²) in [6.45, 7) is 6.57. The van der Waals surface area contributed by atoms with Crippen LogP contribution >= 0.6 is 0 Å². The molecule has 0 aliphatic rings. The Hall–Kier alpha value is -3.12. The third kappa shape index (κ3) is 5.52. The quantitative estimate of drug-likeness (QED) is 0.295. The second-order valence-electron chi connectivity index (χ2n) is 8.88. The van der Waals surface area contributed by atoms with Crippen molar-refractivity contribution in [3.8, 4) is 0 Å². The van der Waals surface area contributed by atoms with Crippen LogP contribution in [0.15, 0.2) is 97.1 Å². The normalized spacial score (nSPS) is 12.0. The zero-order valence-corrected chi connectivity index (χ0v) is 18.9. The molecule has 1 atom stereocenters. The molecule has 0 aromatic heterocycles. The molecule has 0 aliphatic carbocycles. The third-order valence-corrected chi connectivity index (χ3v) is 6.30. The Morgan fingerprint density at radius 1 is 0.548 bits per heavy atom. The monoisotopic (exact) mass is 404 g/mol. The van der Waals surface area contributed by atoms with Crippen molar-refractivity contribution >= 4 is 0 Å². The largest absolute Gasteiger partial charge is 0.0620 e. The summed E-state index contributed by atoms with van der Waals surface area (Å²) in [5, 5.41) is 0. The van der Waals surface area contributed by atoms with Crippen LogP contribution in [0.4, 0.5) is 0 Å². The average molecular weight is 405 g/mol. The van der Waals surface area contributed by atoms with Crippen molar-refractivity contribution in [3.63, 3.8) is 0 Å². The fraction of sp³-hybridized carbons (Fsp3) is 0.226. The molecule has 4 aromatic rings. The minimum Gasteiger partial charge on any atom is -0.0620 e. The molecule has 4 rings (SSSR count). The fourth-order valence-electron chi connectivity index (χ4n) is 4.54. The molecule has 0 spiro atoms. The van der Waals surface area contributed by atoms with E-state index >= 15 is 0 Å². The molecule has 0 bridgehead atoms. The highest BCUT2D eigenvalue weighted by Crippen LogP contribution is 2.30. The van der Waals surface area contributed by atoms with Crippen LogP contribution in [0.1, 0.15) is 50.4 Å². The summed E-state index contributed by atoms with van der Waals surface area (Å²) in [5.41, 5.74) is 11.2. The van der Waals surface area contributed by atoms with Crippen LogP contribution in [0.5, 0.6) is 0 Å². The maximum atomic E-state index is 2.35. The summed E-state index contributed by atoms with van der Waals surface area (Å²) in [6.07, 6.45) is 3.10. The lowest BCUT2D eigenvalue weighted by Gasteiger charge is -2.22. The molecule has 0 radical (unpaired) electrons. The highest BCUT2D eigenvalue weighted by atomic mass is 14.2. The Morgan fingerprint density at radius 3 is 2.00 bits per heavy atom. The second-order valence-corrected chi connectivity index (χ2v) is 8.88. The molecular formula is C31H32. The van der Waals surface area contributed by atoms with Gasteiger partial charge in [0.25, 0.3) is 0 Å². The van der Waals surface area contributed by atoms with Gasteiger partial charge in [-0.25, -0.2) is 0 Å². The van der Waals surface area contributed by atoms with Gasteiger partial charge in [0.2, 0.25) is 0 Å². The Balaban J connectivity index is 1.70. The van der Waals surface area contributed by atoms with Gasteiger partial charge in [-0.2, -0.15) is 0 Å². The highest BCUT2D eigenvalue weighted by Gasteiger charge is 2.18. The molecule has 1 unspecified atom stereocenters. The molecule has 0 nitrogen and oxygen atoms in total. The van der Waals surface area contributed by atoms with Gasteiger partial charge in [0.15, 0.2) is 0 Å². The van der Waals surface area contributed by atoms with E-state index in [0.29, 0.717) is 5.92 Å². The lowest BCUT2D eigenvalue weighted by Crippen LogP contribution is -2.11. The van der Waals surface area contributed by atoms with E-state index in [2.05, 4.69) is 118 Å². The molecular weight excluding hydrogens is 372 g/mol. The van der Waals surface area contributed by atoms with Gasteiger partial charge < -0.3 is 0 Å². The summed E-state index contributed by atoms with van der Waals surface area (Å²) < 4.78 is 0. The van der Waals surface area contributed by atoms with Gasteiger partial charge in [-0.1, -0.05) is 108 Å². The van der Waals surface area contributed by atoms with E-state index in [1.165, 1.54) is 44.5 Å². The molecule has 0 aliphatic heterocycles. The lowest BCUT2D eigenvalue weighted by atomic mass is 9.82. The molecule has 156 valence electrons. The van der Waals surface area contributed by atoms with Gasteiger partial charge >= 0.3 is 0 Å². The van der Waals surface area contributed by atoms with E-state index in [1.54, 1.807) is 0 Å². The molecule has 0 amide bonds. The number of benzene rings is 4. The molecule has 0 fully saturated rings. The highest BCUT2D eigenvalue weighted by molar-refractivity contribution is 5.39. The van der Waals surface area contributed by atoms with Gasteiger partial charge in [-0.3, -0.25) is 0 Å². The zero-order valence-electron chi connectivity index (χ0n) is 18.9. The van der Waals surface area contributed by atoms with Crippen LogP contribution in [-0.4, -0.2) is 0 Å². The minimum absolute atomic E-state index is 0.449. The summed E-state index contributed by atoms with van der Waals surface area (Å²) in [4.78, 5) is 0. The first kappa shape index (κ1) is 21.1. The molecule has 0 N–H and O–H groups in total. The van der Waals surface area contributed by atoms with E-state index in [4.69, 9.17) is 0 Å². The third-order valence-electron chi connectivity index (χ3n) is 6.30. The summed E-state index contributed by atoms with van der Waals surface area (Å²) in [7, 11) is 0. The maximum Gasteiger partial charge on any atom is -0.00229 e. The van der Waals surface area contributed by atoms with Crippen molar-refractivity contribution in [1.82, 2.24) is 0 Å². The van der Waals surface area contributed by atoms with Crippen LogP contribution in [0.3, 0.4) is 0 Å². The van der Waals surface area contributed by atoms with Gasteiger partial charge in [0.05, 0.1) is 0 Å². The Labute approximate surface area is 187 Å². The number of hydrogen-bond acceptors (Lipinski definition) is 0. The fourth-order valence-corrected chi connectivity index (χ4v) is 4.54. The van der Waals surface area contributed by atoms with Crippen molar-refractivity contribution in [1.29, 1.82) is 0 Å². The predicted molar refractivity (Wildman–Crippen MR) is 133 cm³/mol. The predicted octanol–water partition coefficient (Wildman–Crippen LogP) is 7.77.